The smallest absolute Gasteiger partial charge is 0.272 e. The molecule has 6 nitrogen and oxygen atoms in total. The van der Waals surface area contributed by atoms with Crippen LogP contribution in [0.25, 0.3) is 0 Å². The maximum atomic E-state index is 10.8. The van der Waals surface area contributed by atoms with Gasteiger partial charge in [0.05, 0.1) is 10.6 Å². The Labute approximate surface area is 108 Å². The van der Waals surface area contributed by atoms with Crippen LogP contribution >= 0.6 is 11.5 Å². The molecule has 0 bridgehead atoms. The third-order valence-electron chi connectivity index (χ3n) is 2.64. The average molecular weight is 264 g/mol. The molecule has 94 valence electrons. The zero-order valence-electron chi connectivity index (χ0n) is 9.79. The molecule has 7 heteroatoms. The van der Waals surface area contributed by atoms with Crippen LogP contribution in [-0.4, -0.2) is 14.5 Å². The minimum Gasteiger partial charge on any atom is -0.307 e. The number of nitrogens with zero attached hydrogens (tertiary/aromatic N) is 3. The van der Waals surface area contributed by atoms with Crippen LogP contribution in [0.4, 0.5) is 5.69 Å². The maximum absolute atomic E-state index is 10.8. The summed E-state index contributed by atoms with van der Waals surface area (Å²) in [5.74, 6) is 0. The second-order valence-electron chi connectivity index (χ2n) is 3.82. The molecule has 0 amide bonds. The average Bonchev–Trinajstić information content (AvgIpc) is 2.84. The Bertz CT molecular complexity index is 542. The van der Waals surface area contributed by atoms with Crippen molar-refractivity contribution >= 4 is 17.2 Å². The van der Waals surface area contributed by atoms with E-state index in [0.717, 1.165) is 11.3 Å². The molecule has 1 aromatic carbocycles. The number of hydrogen-bond donors (Lipinski definition) is 1. The van der Waals surface area contributed by atoms with E-state index in [1.54, 1.807) is 13.0 Å². The van der Waals surface area contributed by atoms with Gasteiger partial charge in [-0.1, -0.05) is 16.6 Å². The van der Waals surface area contributed by atoms with Gasteiger partial charge in [0.25, 0.3) is 5.69 Å². The second kappa shape index (κ2) is 5.65. The normalized spacial score (nSPS) is 10.5. The lowest BCUT2D eigenvalue weighted by molar-refractivity contribution is -0.385. The summed E-state index contributed by atoms with van der Waals surface area (Å²) in [7, 11) is 0. The molecular formula is C11H12N4O2S. The molecule has 0 saturated carbocycles. The number of benzene rings is 1. The Morgan fingerprint density at radius 3 is 2.94 bits per heavy atom. The van der Waals surface area contributed by atoms with Crippen LogP contribution in [0.5, 0.6) is 0 Å². The van der Waals surface area contributed by atoms with Gasteiger partial charge in [-0.25, -0.2) is 0 Å². The summed E-state index contributed by atoms with van der Waals surface area (Å²) in [6, 6.07) is 5.10. The van der Waals surface area contributed by atoms with Crippen molar-refractivity contribution in [1.29, 1.82) is 0 Å². The fraction of sp³-hybridized carbons (Fsp3) is 0.273. The first-order valence-electron chi connectivity index (χ1n) is 5.38. The van der Waals surface area contributed by atoms with Crippen LogP contribution in [0.3, 0.4) is 0 Å². The molecule has 1 N–H and O–H groups in total. The molecule has 0 spiro atoms. The van der Waals surface area contributed by atoms with Gasteiger partial charge in [-0.05, 0) is 24.0 Å². The third kappa shape index (κ3) is 2.88. The molecule has 0 saturated heterocycles. The summed E-state index contributed by atoms with van der Waals surface area (Å²) >= 11 is 1.30. The Morgan fingerprint density at radius 2 is 2.28 bits per heavy atom. The van der Waals surface area contributed by atoms with Gasteiger partial charge in [-0.2, -0.15) is 0 Å². The first-order chi connectivity index (χ1) is 8.68. The molecule has 0 atom stereocenters. The Balaban J connectivity index is 2.01. The summed E-state index contributed by atoms with van der Waals surface area (Å²) in [5, 5.41) is 19.8. The number of nitro groups is 1. The van der Waals surface area contributed by atoms with Crippen molar-refractivity contribution in [2.45, 2.75) is 20.0 Å². The topological polar surface area (TPSA) is 81.0 Å². The lowest BCUT2D eigenvalue weighted by Gasteiger charge is -2.06. The summed E-state index contributed by atoms with van der Waals surface area (Å²) in [6.45, 7) is 2.95. The van der Waals surface area contributed by atoms with Crippen molar-refractivity contribution in [3.05, 3.63) is 50.5 Å². The first kappa shape index (κ1) is 12.6. The van der Waals surface area contributed by atoms with Gasteiger partial charge in [0.2, 0.25) is 0 Å². The molecule has 0 aliphatic heterocycles. The molecule has 2 rings (SSSR count). The van der Waals surface area contributed by atoms with Gasteiger partial charge < -0.3 is 5.32 Å². The minimum atomic E-state index is -0.358. The number of nitro benzene ring substituents is 1. The second-order valence-corrected chi connectivity index (χ2v) is 4.43. The number of aromatic nitrogens is 2. The van der Waals surface area contributed by atoms with Crippen molar-refractivity contribution in [3.8, 4) is 0 Å². The predicted octanol–water partition coefficient (Wildman–Crippen LogP) is 2.04. The van der Waals surface area contributed by atoms with Gasteiger partial charge in [-0.3, -0.25) is 10.1 Å². The maximum Gasteiger partial charge on any atom is 0.272 e. The largest absolute Gasteiger partial charge is 0.307 e. The predicted molar refractivity (Wildman–Crippen MR) is 68.3 cm³/mol. The Kier molecular flexibility index (Phi) is 3.96. The van der Waals surface area contributed by atoms with Gasteiger partial charge in [0.1, 0.15) is 0 Å². The Morgan fingerprint density at radius 1 is 1.44 bits per heavy atom. The van der Waals surface area contributed by atoms with E-state index in [1.165, 1.54) is 17.6 Å². The molecule has 0 unspecified atom stereocenters. The fourth-order valence-corrected chi connectivity index (χ4v) is 2.10. The van der Waals surface area contributed by atoms with E-state index < -0.39 is 0 Å². The molecule has 1 heterocycles. The van der Waals surface area contributed by atoms with Gasteiger partial charge in [0, 0.05) is 30.1 Å². The minimum absolute atomic E-state index is 0.157. The molecular weight excluding hydrogens is 252 g/mol. The lowest BCUT2D eigenvalue weighted by Crippen LogP contribution is -2.14. The van der Waals surface area contributed by atoms with E-state index in [4.69, 9.17) is 0 Å². The fourth-order valence-electron chi connectivity index (χ4n) is 1.65. The SMILES string of the molecule is Cc1c(CNCc2csnn2)cccc1[N+](=O)[O-]. The van der Waals surface area contributed by atoms with E-state index in [-0.39, 0.29) is 10.6 Å². The van der Waals surface area contributed by atoms with Crippen LogP contribution in [-0.2, 0) is 13.1 Å². The summed E-state index contributed by atoms with van der Waals surface area (Å²) in [6.07, 6.45) is 0. The summed E-state index contributed by atoms with van der Waals surface area (Å²) in [5.41, 5.74) is 2.66. The van der Waals surface area contributed by atoms with Crippen LogP contribution in [0, 0.1) is 17.0 Å². The van der Waals surface area contributed by atoms with Gasteiger partial charge >= 0.3 is 0 Å². The quantitative estimate of drug-likeness (QED) is 0.660. The summed E-state index contributed by atoms with van der Waals surface area (Å²) < 4.78 is 3.77. The highest BCUT2D eigenvalue weighted by Crippen LogP contribution is 2.20. The van der Waals surface area contributed by atoms with Crippen LogP contribution in [0.15, 0.2) is 23.6 Å². The molecule has 0 fully saturated rings. The number of hydrogen-bond acceptors (Lipinski definition) is 6. The highest BCUT2D eigenvalue weighted by molar-refractivity contribution is 7.03. The first-order valence-corrected chi connectivity index (χ1v) is 6.21. The number of nitrogens with one attached hydrogen (secondary N) is 1. The molecule has 0 radical (unpaired) electrons. The van der Waals surface area contributed by atoms with Crippen LogP contribution in [0.2, 0.25) is 0 Å². The summed E-state index contributed by atoms with van der Waals surface area (Å²) in [4.78, 5) is 10.4. The highest BCUT2D eigenvalue weighted by atomic mass is 32.1. The van der Waals surface area contributed by atoms with E-state index in [0.29, 0.717) is 18.7 Å². The van der Waals surface area contributed by atoms with Crippen molar-refractivity contribution in [2.24, 2.45) is 0 Å². The van der Waals surface area contributed by atoms with Crippen molar-refractivity contribution < 1.29 is 4.92 Å². The van der Waals surface area contributed by atoms with E-state index >= 15 is 0 Å². The zero-order valence-corrected chi connectivity index (χ0v) is 10.6. The standard InChI is InChI=1S/C11H12N4O2S/c1-8-9(3-2-4-11(8)15(16)17)5-12-6-10-7-18-14-13-10/h2-4,7,12H,5-6H2,1H3. The van der Waals surface area contributed by atoms with Crippen LogP contribution in [0.1, 0.15) is 16.8 Å². The van der Waals surface area contributed by atoms with E-state index in [2.05, 4.69) is 14.9 Å². The number of rotatable bonds is 5. The monoisotopic (exact) mass is 264 g/mol. The molecule has 2 aromatic rings. The van der Waals surface area contributed by atoms with Crippen molar-refractivity contribution in [2.75, 3.05) is 0 Å². The molecule has 18 heavy (non-hydrogen) atoms. The van der Waals surface area contributed by atoms with Crippen molar-refractivity contribution in [3.63, 3.8) is 0 Å². The highest BCUT2D eigenvalue weighted by Gasteiger charge is 2.12. The lowest BCUT2D eigenvalue weighted by atomic mass is 10.1. The molecule has 1 aromatic heterocycles. The Hall–Kier alpha value is -1.86. The molecule has 0 aliphatic rings. The van der Waals surface area contributed by atoms with Gasteiger partial charge in [0.15, 0.2) is 0 Å². The van der Waals surface area contributed by atoms with Gasteiger partial charge in [-0.15, -0.1) is 5.10 Å². The molecule has 0 aliphatic carbocycles. The van der Waals surface area contributed by atoms with E-state index in [1.807, 2.05) is 11.4 Å². The van der Waals surface area contributed by atoms with E-state index in [9.17, 15) is 10.1 Å². The van der Waals surface area contributed by atoms with Crippen molar-refractivity contribution in [1.82, 2.24) is 14.9 Å². The third-order valence-corrected chi connectivity index (χ3v) is 3.19. The zero-order chi connectivity index (χ0) is 13.0. The van der Waals surface area contributed by atoms with Crippen LogP contribution < -0.4 is 5.32 Å².